The van der Waals surface area contributed by atoms with Crippen LogP contribution in [0, 0.1) is 12.8 Å². The van der Waals surface area contributed by atoms with Crippen molar-refractivity contribution in [1.82, 2.24) is 5.32 Å². The van der Waals surface area contributed by atoms with Gasteiger partial charge in [-0.3, -0.25) is 0 Å². The maximum absolute atomic E-state index is 6.11. The molecule has 1 aromatic carbocycles. The molecule has 3 nitrogen and oxygen atoms in total. The number of benzene rings is 1. The van der Waals surface area contributed by atoms with E-state index in [4.69, 9.17) is 9.47 Å². The third-order valence-corrected chi connectivity index (χ3v) is 5.34. The van der Waals surface area contributed by atoms with Crippen molar-refractivity contribution in [3.63, 3.8) is 0 Å². The molecule has 0 aliphatic carbocycles. The molecule has 2 aromatic rings. The summed E-state index contributed by atoms with van der Waals surface area (Å²) in [6.45, 7) is 7.57. The van der Waals surface area contributed by atoms with Crippen LogP contribution in [0.4, 0.5) is 0 Å². The van der Waals surface area contributed by atoms with Crippen LogP contribution >= 0.6 is 11.3 Å². The highest BCUT2D eigenvalue weighted by Crippen LogP contribution is 2.24. The van der Waals surface area contributed by atoms with Gasteiger partial charge in [0.25, 0.3) is 0 Å². The van der Waals surface area contributed by atoms with E-state index >= 15 is 0 Å². The number of ether oxygens (including phenoxy) is 2. The van der Waals surface area contributed by atoms with Crippen LogP contribution in [0.25, 0.3) is 0 Å². The van der Waals surface area contributed by atoms with Crippen LogP contribution in [0.15, 0.2) is 35.7 Å². The van der Waals surface area contributed by atoms with E-state index in [1.807, 2.05) is 0 Å². The molecule has 1 aliphatic heterocycles. The predicted molar refractivity (Wildman–Crippen MR) is 95.2 cm³/mol. The smallest absolute Gasteiger partial charge is 0.124 e. The predicted octanol–water partition coefficient (Wildman–Crippen LogP) is 4.32. The quantitative estimate of drug-likeness (QED) is 0.819. The van der Waals surface area contributed by atoms with Crippen LogP contribution in [-0.2, 0) is 11.3 Å². The Morgan fingerprint density at radius 1 is 1.39 bits per heavy atom. The Labute approximate surface area is 142 Å². The van der Waals surface area contributed by atoms with Crippen molar-refractivity contribution in [2.75, 3.05) is 19.8 Å². The van der Waals surface area contributed by atoms with Crippen molar-refractivity contribution in [3.05, 3.63) is 51.7 Å². The average Bonchev–Trinajstić information content (AvgIpc) is 3.25. The zero-order valence-corrected chi connectivity index (χ0v) is 14.7. The Kier molecular flexibility index (Phi) is 5.70. The summed E-state index contributed by atoms with van der Waals surface area (Å²) in [6.07, 6.45) is 1.11. The number of thiophene rings is 1. The molecule has 0 bridgehead atoms. The van der Waals surface area contributed by atoms with Crippen molar-refractivity contribution in [2.45, 2.75) is 32.9 Å². The normalized spacial score (nSPS) is 19.0. The Morgan fingerprint density at radius 2 is 2.30 bits per heavy atom. The number of hydrogen-bond acceptors (Lipinski definition) is 4. The first-order chi connectivity index (χ1) is 11.2. The second-order valence-corrected chi connectivity index (χ2v) is 7.25. The molecule has 1 aromatic heterocycles. The van der Waals surface area contributed by atoms with Gasteiger partial charge in [0.2, 0.25) is 0 Å². The third-order valence-electron chi connectivity index (χ3n) is 4.29. The number of nitrogens with one attached hydrogen (secondary N) is 1. The van der Waals surface area contributed by atoms with Gasteiger partial charge >= 0.3 is 0 Å². The van der Waals surface area contributed by atoms with Crippen molar-refractivity contribution in [2.24, 2.45) is 5.92 Å². The van der Waals surface area contributed by atoms with Gasteiger partial charge in [0.1, 0.15) is 5.75 Å². The zero-order chi connectivity index (χ0) is 16.1. The van der Waals surface area contributed by atoms with Gasteiger partial charge in [0.05, 0.1) is 13.2 Å². The summed E-state index contributed by atoms with van der Waals surface area (Å²) in [4.78, 5) is 1.36. The molecular weight excluding hydrogens is 306 g/mol. The highest BCUT2D eigenvalue weighted by atomic mass is 32.1. The van der Waals surface area contributed by atoms with Gasteiger partial charge in [-0.1, -0.05) is 18.2 Å². The van der Waals surface area contributed by atoms with E-state index in [0.717, 1.165) is 38.5 Å². The standard InChI is InChI=1S/C19H25NO2S/c1-14-5-6-17(11-20-15(2)19-4-3-9-23-19)18(10-14)22-13-16-7-8-21-12-16/h3-6,9-10,15-16,20H,7-8,11-13H2,1-2H3/t15-,16+/m1/s1. The van der Waals surface area contributed by atoms with Gasteiger partial charge in [-0.2, -0.15) is 0 Å². The van der Waals surface area contributed by atoms with E-state index in [1.54, 1.807) is 11.3 Å². The number of hydrogen-bond donors (Lipinski definition) is 1. The van der Waals surface area contributed by atoms with Crippen LogP contribution < -0.4 is 10.1 Å². The zero-order valence-electron chi connectivity index (χ0n) is 13.9. The fourth-order valence-electron chi connectivity index (χ4n) is 2.77. The van der Waals surface area contributed by atoms with Crippen LogP contribution in [0.3, 0.4) is 0 Å². The first kappa shape index (κ1) is 16.5. The monoisotopic (exact) mass is 331 g/mol. The molecule has 1 fully saturated rings. The Morgan fingerprint density at radius 3 is 3.04 bits per heavy atom. The number of rotatable bonds is 7. The SMILES string of the molecule is Cc1ccc(CN[C@H](C)c2cccs2)c(OC[C@H]2CCOC2)c1. The third kappa shape index (κ3) is 4.56. The maximum atomic E-state index is 6.11. The fraction of sp³-hybridized carbons (Fsp3) is 0.474. The van der Waals surface area contributed by atoms with Crippen molar-refractivity contribution in [1.29, 1.82) is 0 Å². The summed E-state index contributed by atoms with van der Waals surface area (Å²) in [5, 5.41) is 5.72. The van der Waals surface area contributed by atoms with E-state index in [2.05, 4.69) is 54.9 Å². The van der Waals surface area contributed by atoms with Crippen LogP contribution in [0.5, 0.6) is 5.75 Å². The molecule has 0 spiro atoms. The molecule has 2 atom stereocenters. The molecule has 23 heavy (non-hydrogen) atoms. The van der Waals surface area contributed by atoms with Crippen molar-refractivity contribution >= 4 is 11.3 Å². The van der Waals surface area contributed by atoms with Crippen LogP contribution in [0.2, 0.25) is 0 Å². The average molecular weight is 331 g/mol. The second kappa shape index (κ2) is 7.95. The Bertz CT molecular complexity index is 606. The molecule has 124 valence electrons. The van der Waals surface area contributed by atoms with Crippen molar-refractivity contribution in [3.8, 4) is 5.75 Å². The summed E-state index contributed by atoms with van der Waals surface area (Å²) < 4.78 is 11.5. The van der Waals surface area contributed by atoms with E-state index in [0.29, 0.717) is 12.0 Å². The summed E-state index contributed by atoms with van der Waals surface area (Å²) in [7, 11) is 0. The van der Waals surface area contributed by atoms with Crippen LogP contribution in [-0.4, -0.2) is 19.8 Å². The van der Waals surface area contributed by atoms with E-state index in [1.165, 1.54) is 16.0 Å². The van der Waals surface area contributed by atoms with Gasteiger partial charge in [0.15, 0.2) is 0 Å². The Balaban J connectivity index is 1.61. The lowest BCUT2D eigenvalue weighted by Crippen LogP contribution is -2.18. The topological polar surface area (TPSA) is 30.5 Å². The molecule has 0 saturated carbocycles. The summed E-state index contributed by atoms with van der Waals surface area (Å²) in [5.74, 6) is 1.53. The van der Waals surface area contributed by atoms with Gasteiger partial charge in [-0.05, 0) is 43.3 Å². The first-order valence-electron chi connectivity index (χ1n) is 8.29. The maximum Gasteiger partial charge on any atom is 0.124 e. The molecule has 0 amide bonds. The molecule has 2 heterocycles. The molecule has 0 radical (unpaired) electrons. The van der Waals surface area contributed by atoms with Crippen molar-refractivity contribution < 1.29 is 9.47 Å². The largest absolute Gasteiger partial charge is 0.493 e. The van der Waals surface area contributed by atoms with Gasteiger partial charge < -0.3 is 14.8 Å². The minimum absolute atomic E-state index is 0.354. The molecule has 0 unspecified atom stereocenters. The molecular formula is C19H25NO2S. The van der Waals surface area contributed by atoms with Crippen LogP contribution in [0.1, 0.15) is 35.4 Å². The lowest BCUT2D eigenvalue weighted by atomic mass is 10.1. The fourth-order valence-corrected chi connectivity index (χ4v) is 3.52. The molecule has 1 saturated heterocycles. The lowest BCUT2D eigenvalue weighted by Gasteiger charge is -2.17. The van der Waals surface area contributed by atoms with E-state index in [9.17, 15) is 0 Å². The molecule has 1 N–H and O–H groups in total. The first-order valence-corrected chi connectivity index (χ1v) is 9.17. The van der Waals surface area contributed by atoms with Gasteiger partial charge in [-0.15, -0.1) is 11.3 Å². The summed E-state index contributed by atoms with van der Waals surface area (Å²) in [6, 6.07) is 11.1. The highest BCUT2D eigenvalue weighted by Gasteiger charge is 2.17. The minimum atomic E-state index is 0.354. The lowest BCUT2D eigenvalue weighted by molar-refractivity contribution is 0.166. The summed E-state index contributed by atoms with van der Waals surface area (Å²) in [5.41, 5.74) is 2.45. The number of aryl methyl sites for hydroxylation is 1. The Hall–Kier alpha value is -1.36. The van der Waals surface area contributed by atoms with Gasteiger partial charge in [0, 0.05) is 35.6 Å². The molecule has 3 rings (SSSR count). The van der Waals surface area contributed by atoms with E-state index in [-0.39, 0.29) is 0 Å². The van der Waals surface area contributed by atoms with Gasteiger partial charge in [-0.25, -0.2) is 0 Å². The summed E-state index contributed by atoms with van der Waals surface area (Å²) >= 11 is 1.79. The highest BCUT2D eigenvalue weighted by molar-refractivity contribution is 7.10. The molecule has 4 heteroatoms. The minimum Gasteiger partial charge on any atom is -0.493 e. The second-order valence-electron chi connectivity index (χ2n) is 6.27. The van der Waals surface area contributed by atoms with E-state index < -0.39 is 0 Å². The molecule has 1 aliphatic rings.